The van der Waals surface area contributed by atoms with Crippen molar-refractivity contribution in [3.8, 4) is 0 Å². The number of aromatic nitrogens is 4. The summed E-state index contributed by atoms with van der Waals surface area (Å²) in [6.07, 6.45) is 6.58. The fourth-order valence-electron chi connectivity index (χ4n) is 1.91. The Labute approximate surface area is 107 Å². The Bertz CT molecular complexity index is 562. The number of nitrogens with zero attached hydrogens (tertiary/aromatic N) is 4. The van der Waals surface area contributed by atoms with Gasteiger partial charge >= 0.3 is 5.69 Å². The van der Waals surface area contributed by atoms with Gasteiger partial charge in [-0.25, -0.2) is 4.79 Å². The van der Waals surface area contributed by atoms with Crippen LogP contribution in [0.15, 0.2) is 29.5 Å². The predicted octanol–water partition coefficient (Wildman–Crippen LogP) is 1.89. The molecule has 0 amide bonds. The van der Waals surface area contributed by atoms with Gasteiger partial charge in [-0.2, -0.15) is 5.10 Å². The standard InChI is InChI=1S/C13H20N4O/c1-4-6-15-8-9-16(13(15)18)10-12-5-7-17(14-12)11(2)3/h5,7-9,11H,4,6,10H2,1-3H3. The lowest BCUT2D eigenvalue weighted by molar-refractivity contribution is 0.522. The second-order valence-corrected chi connectivity index (χ2v) is 4.78. The van der Waals surface area contributed by atoms with Crippen LogP contribution in [-0.2, 0) is 13.1 Å². The van der Waals surface area contributed by atoms with E-state index in [-0.39, 0.29) is 5.69 Å². The monoisotopic (exact) mass is 248 g/mol. The summed E-state index contributed by atoms with van der Waals surface area (Å²) >= 11 is 0. The van der Waals surface area contributed by atoms with Crippen molar-refractivity contribution < 1.29 is 0 Å². The fraction of sp³-hybridized carbons (Fsp3) is 0.538. The summed E-state index contributed by atoms with van der Waals surface area (Å²) in [5, 5.41) is 4.45. The Morgan fingerprint density at radius 3 is 2.56 bits per heavy atom. The van der Waals surface area contributed by atoms with Crippen molar-refractivity contribution >= 4 is 0 Å². The van der Waals surface area contributed by atoms with Crippen molar-refractivity contribution in [1.82, 2.24) is 18.9 Å². The molecule has 0 saturated carbocycles. The topological polar surface area (TPSA) is 44.8 Å². The third kappa shape index (κ3) is 2.55. The Morgan fingerprint density at radius 1 is 1.22 bits per heavy atom. The first kappa shape index (κ1) is 12.7. The molecule has 5 nitrogen and oxygen atoms in total. The number of hydrogen-bond acceptors (Lipinski definition) is 2. The van der Waals surface area contributed by atoms with Gasteiger partial charge in [-0.15, -0.1) is 0 Å². The van der Waals surface area contributed by atoms with E-state index in [4.69, 9.17) is 0 Å². The van der Waals surface area contributed by atoms with Crippen LogP contribution in [0.2, 0.25) is 0 Å². The molecule has 0 radical (unpaired) electrons. The summed E-state index contributed by atoms with van der Waals surface area (Å²) < 4.78 is 5.34. The van der Waals surface area contributed by atoms with Crippen LogP contribution in [0.4, 0.5) is 0 Å². The molecule has 18 heavy (non-hydrogen) atoms. The number of rotatable bonds is 5. The minimum atomic E-state index is 0.0379. The van der Waals surface area contributed by atoms with Crippen molar-refractivity contribution in [3.63, 3.8) is 0 Å². The van der Waals surface area contributed by atoms with Gasteiger partial charge in [0.25, 0.3) is 0 Å². The van der Waals surface area contributed by atoms with Crippen molar-refractivity contribution in [2.75, 3.05) is 0 Å². The van der Waals surface area contributed by atoms with Crippen LogP contribution < -0.4 is 5.69 Å². The zero-order valence-electron chi connectivity index (χ0n) is 11.2. The molecule has 0 spiro atoms. The molecular formula is C13H20N4O. The highest BCUT2D eigenvalue weighted by Gasteiger charge is 2.06. The average molecular weight is 248 g/mol. The maximum Gasteiger partial charge on any atom is 0.328 e. The highest BCUT2D eigenvalue weighted by molar-refractivity contribution is 5.01. The molecule has 0 aromatic carbocycles. The molecule has 2 heterocycles. The highest BCUT2D eigenvalue weighted by atomic mass is 16.1. The van der Waals surface area contributed by atoms with Gasteiger partial charge in [0.2, 0.25) is 0 Å². The van der Waals surface area contributed by atoms with E-state index < -0.39 is 0 Å². The van der Waals surface area contributed by atoms with E-state index >= 15 is 0 Å². The van der Waals surface area contributed by atoms with Crippen LogP contribution in [0, 0.1) is 0 Å². The third-order valence-corrected chi connectivity index (χ3v) is 2.91. The number of aryl methyl sites for hydroxylation is 1. The van der Waals surface area contributed by atoms with Crippen LogP contribution in [-0.4, -0.2) is 18.9 Å². The lowest BCUT2D eigenvalue weighted by Gasteiger charge is -2.04. The fourth-order valence-corrected chi connectivity index (χ4v) is 1.91. The molecule has 0 N–H and O–H groups in total. The van der Waals surface area contributed by atoms with E-state index in [1.54, 1.807) is 9.13 Å². The molecule has 0 aliphatic rings. The van der Waals surface area contributed by atoms with Gasteiger partial charge in [0.15, 0.2) is 0 Å². The SMILES string of the molecule is CCCn1ccn(Cc2ccn(C(C)C)n2)c1=O. The predicted molar refractivity (Wildman–Crippen MR) is 70.7 cm³/mol. The third-order valence-electron chi connectivity index (χ3n) is 2.91. The highest BCUT2D eigenvalue weighted by Crippen LogP contribution is 2.05. The second-order valence-electron chi connectivity index (χ2n) is 4.78. The molecule has 0 unspecified atom stereocenters. The van der Waals surface area contributed by atoms with Crippen LogP contribution in [0.25, 0.3) is 0 Å². The smallest absolute Gasteiger partial charge is 0.299 e. The minimum Gasteiger partial charge on any atom is -0.299 e. The maximum absolute atomic E-state index is 12.0. The molecule has 0 atom stereocenters. The van der Waals surface area contributed by atoms with Crippen LogP contribution in [0.3, 0.4) is 0 Å². The van der Waals surface area contributed by atoms with E-state index in [1.165, 1.54) is 0 Å². The zero-order chi connectivity index (χ0) is 13.1. The first-order valence-electron chi connectivity index (χ1n) is 6.41. The summed E-state index contributed by atoms with van der Waals surface area (Å²) in [7, 11) is 0. The van der Waals surface area contributed by atoms with Gasteiger partial charge in [-0.1, -0.05) is 6.92 Å². The molecule has 2 aromatic heterocycles. The number of imidazole rings is 1. The van der Waals surface area contributed by atoms with Crippen LogP contribution >= 0.6 is 0 Å². The Balaban J connectivity index is 2.15. The molecule has 0 bridgehead atoms. The molecule has 2 rings (SSSR count). The summed E-state index contributed by atoms with van der Waals surface area (Å²) in [5.74, 6) is 0. The molecule has 2 aromatic rings. The molecule has 0 aliphatic heterocycles. The molecule has 0 fully saturated rings. The van der Waals surface area contributed by atoms with E-state index in [0.29, 0.717) is 12.6 Å². The second kappa shape index (κ2) is 5.25. The Hall–Kier alpha value is -1.78. The largest absolute Gasteiger partial charge is 0.328 e. The van der Waals surface area contributed by atoms with Crippen molar-refractivity contribution in [2.24, 2.45) is 0 Å². The average Bonchev–Trinajstić information content (AvgIpc) is 2.91. The molecule has 98 valence electrons. The minimum absolute atomic E-state index is 0.0379. The summed E-state index contributed by atoms with van der Waals surface area (Å²) in [6.45, 7) is 7.54. The Morgan fingerprint density at radius 2 is 1.94 bits per heavy atom. The van der Waals surface area contributed by atoms with E-state index in [0.717, 1.165) is 18.7 Å². The van der Waals surface area contributed by atoms with E-state index in [9.17, 15) is 4.79 Å². The summed E-state index contributed by atoms with van der Waals surface area (Å²) in [6, 6.07) is 2.31. The van der Waals surface area contributed by atoms with E-state index in [1.807, 2.05) is 29.3 Å². The quantitative estimate of drug-likeness (QED) is 0.811. The lowest BCUT2D eigenvalue weighted by atomic mass is 10.4. The number of hydrogen-bond donors (Lipinski definition) is 0. The van der Waals surface area contributed by atoms with Gasteiger partial charge in [0.05, 0.1) is 12.2 Å². The normalized spacial score (nSPS) is 11.3. The molecular weight excluding hydrogens is 228 g/mol. The van der Waals surface area contributed by atoms with Crippen LogP contribution in [0.1, 0.15) is 38.9 Å². The van der Waals surface area contributed by atoms with Crippen molar-refractivity contribution in [1.29, 1.82) is 0 Å². The van der Waals surface area contributed by atoms with E-state index in [2.05, 4.69) is 25.9 Å². The summed E-state index contributed by atoms with van der Waals surface area (Å²) in [4.78, 5) is 12.0. The first-order chi connectivity index (χ1) is 8.61. The van der Waals surface area contributed by atoms with Gasteiger partial charge < -0.3 is 0 Å². The van der Waals surface area contributed by atoms with Crippen molar-refractivity contribution in [3.05, 3.63) is 40.8 Å². The van der Waals surface area contributed by atoms with Gasteiger partial charge in [-0.3, -0.25) is 13.8 Å². The zero-order valence-corrected chi connectivity index (χ0v) is 11.2. The molecule has 0 aliphatic carbocycles. The van der Waals surface area contributed by atoms with Gasteiger partial charge in [0.1, 0.15) is 0 Å². The van der Waals surface area contributed by atoms with Gasteiger partial charge in [-0.05, 0) is 26.3 Å². The van der Waals surface area contributed by atoms with Gasteiger partial charge in [0, 0.05) is 31.2 Å². The Kier molecular flexibility index (Phi) is 3.69. The molecule has 5 heteroatoms. The summed E-state index contributed by atoms with van der Waals surface area (Å²) in [5.41, 5.74) is 0.955. The first-order valence-corrected chi connectivity index (χ1v) is 6.41. The lowest BCUT2D eigenvalue weighted by Crippen LogP contribution is -2.24. The van der Waals surface area contributed by atoms with Crippen molar-refractivity contribution in [2.45, 2.75) is 46.3 Å². The maximum atomic E-state index is 12.0. The van der Waals surface area contributed by atoms with Crippen LogP contribution in [0.5, 0.6) is 0 Å². The molecule has 0 saturated heterocycles.